The summed E-state index contributed by atoms with van der Waals surface area (Å²) in [7, 11) is 0. The molecule has 0 bridgehead atoms. The Hall–Kier alpha value is -3.58. The van der Waals surface area contributed by atoms with Crippen LogP contribution in [-0.2, 0) is 19.2 Å². The van der Waals surface area contributed by atoms with E-state index in [-0.39, 0.29) is 35.0 Å². The zero-order chi connectivity index (χ0) is 23.8. The number of benzene rings is 3. The van der Waals surface area contributed by atoms with Gasteiger partial charge in [0.05, 0.1) is 11.1 Å². The monoisotopic (exact) mass is 472 g/mol. The SMILES string of the molecule is O=C(O)c1ccc(COc2ccc3c(c2)C/C(=C\c2cc(Cl)cc(C(F)(F)F)c2)C3=O)cc1. The van der Waals surface area contributed by atoms with Gasteiger partial charge in [-0.3, -0.25) is 4.79 Å². The topological polar surface area (TPSA) is 63.6 Å². The maximum atomic E-state index is 13.1. The number of carboxylic acids is 1. The second-order valence-corrected chi connectivity index (χ2v) is 7.99. The highest BCUT2D eigenvalue weighted by atomic mass is 35.5. The number of carboxylic acid groups (broad SMARTS) is 1. The number of carbonyl (C=O) groups excluding carboxylic acids is 1. The summed E-state index contributed by atoms with van der Waals surface area (Å²) in [6.45, 7) is 0.206. The number of halogens is 4. The minimum absolute atomic E-state index is 0.0632. The molecule has 0 atom stereocenters. The molecular weight excluding hydrogens is 457 g/mol. The van der Waals surface area contributed by atoms with Crippen molar-refractivity contribution in [1.29, 1.82) is 0 Å². The predicted molar refractivity (Wildman–Crippen MR) is 117 cm³/mol. The average molecular weight is 473 g/mol. The molecule has 3 aromatic rings. The molecule has 4 nitrogen and oxygen atoms in total. The number of rotatable bonds is 5. The van der Waals surface area contributed by atoms with Crippen molar-refractivity contribution in [2.45, 2.75) is 19.2 Å². The maximum Gasteiger partial charge on any atom is 0.416 e. The van der Waals surface area contributed by atoms with Gasteiger partial charge >= 0.3 is 12.1 Å². The quantitative estimate of drug-likeness (QED) is 0.433. The van der Waals surface area contributed by atoms with Crippen LogP contribution in [0, 0.1) is 0 Å². The first-order chi connectivity index (χ1) is 15.6. The van der Waals surface area contributed by atoms with Gasteiger partial charge in [0.1, 0.15) is 12.4 Å². The van der Waals surface area contributed by atoms with Gasteiger partial charge in [-0.25, -0.2) is 4.79 Å². The van der Waals surface area contributed by atoms with Crippen molar-refractivity contribution in [3.05, 3.63) is 105 Å². The van der Waals surface area contributed by atoms with Crippen LogP contribution < -0.4 is 4.74 Å². The largest absolute Gasteiger partial charge is 0.489 e. The fourth-order valence-corrected chi connectivity index (χ4v) is 3.82. The second kappa shape index (κ2) is 8.75. The molecule has 0 radical (unpaired) electrons. The molecule has 0 saturated carbocycles. The fraction of sp³-hybridized carbons (Fsp3) is 0.120. The van der Waals surface area contributed by atoms with Gasteiger partial charge in [-0.1, -0.05) is 23.7 Å². The molecule has 1 N–H and O–H groups in total. The van der Waals surface area contributed by atoms with E-state index < -0.39 is 17.7 Å². The Morgan fingerprint density at radius 1 is 1.06 bits per heavy atom. The molecular formula is C25H16ClF3O4. The number of aromatic carboxylic acids is 1. The van der Waals surface area contributed by atoms with Crippen LogP contribution in [0.15, 0.2) is 66.2 Å². The van der Waals surface area contributed by atoms with Gasteiger partial charge in [0.25, 0.3) is 0 Å². The first-order valence-corrected chi connectivity index (χ1v) is 10.2. The number of Topliss-reactive ketones (excluding diaryl/α,β-unsaturated/α-hetero) is 1. The van der Waals surface area contributed by atoms with Gasteiger partial charge in [-0.15, -0.1) is 0 Å². The summed E-state index contributed by atoms with van der Waals surface area (Å²) in [6, 6.07) is 14.4. The van der Waals surface area contributed by atoms with E-state index in [2.05, 4.69) is 0 Å². The van der Waals surface area contributed by atoms with Gasteiger partial charge in [0.15, 0.2) is 5.78 Å². The molecule has 0 aromatic heterocycles. The third-order valence-corrected chi connectivity index (χ3v) is 5.41. The van der Waals surface area contributed by atoms with E-state index in [1.807, 2.05) is 0 Å². The number of carbonyl (C=O) groups is 2. The van der Waals surface area contributed by atoms with Crippen molar-refractivity contribution in [2.75, 3.05) is 0 Å². The van der Waals surface area contributed by atoms with Crippen molar-refractivity contribution in [1.82, 2.24) is 0 Å². The van der Waals surface area contributed by atoms with Crippen LogP contribution in [0.3, 0.4) is 0 Å². The number of ether oxygens (including phenoxy) is 1. The van der Waals surface area contributed by atoms with Gasteiger partial charge in [0, 0.05) is 22.6 Å². The number of hydrogen-bond donors (Lipinski definition) is 1. The summed E-state index contributed by atoms with van der Waals surface area (Å²) in [5.41, 5.74) is 1.82. The second-order valence-electron chi connectivity index (χ2n) is 7.56. The summed E-state index contributed by atoms with van der Waals surface area (Å²) in [5, 5.41) is 8.89. The zero-order valence-electron chi connectivity index (χ0n) is 16.9. The van der Waals surface area contributed by atoms with Crippen molar-refractivity contribution >= 4 is 29.4 Å². The van der Waals surface area contributed by atoms with Crippen molar-refractivity contribution in [2.24, 2.45) is 0 Å². The molecule has 168 valence electrons. The van der Waals surface area contributed by atoms with Crippen LogP contribution in [0.5, 0.6) is 5.75 Å². The molecule has 8 heteroatoms. The van der Waals surface area contributed by atoms with Crippen LogP contribution in [-0.4, -0.2) is 16.9 Å². The zero-order valence-corrected chi connectivity index (χ0v) is 17.7. The lowest BCUT2D eigenvalue weighted by atomic mass is 10.1. The molecule has 0 fully saturated rings. The van der Waals surface area contributed by atoms with Crippen LogP contribution >= 0.6 is 11.6 Å². The number of ketones is 1. The van der Waals surface area contributed by atoms with Crippen LogP contribution in [0.2, 0.25) is 5.02 Å². The minimum atomic E-state index is -4.54. The van der Waals surface area contributed by atoms with E-state index in [1.54, 1.807) is 30.3 Å². The highest BCUT2D eigenvalue weighted by molar-refractivity contribution is 6.30. The van der Waals surface area contributed by atoms with Crippen LogP contribution in [0.1, 0.15) is 43.0 Å². The molecule has 4 rings (SSSR count). The minimum Gasteiger partial charge on any atom is -0.489 e. The number of fused-ring (bicyclic) bond motifs is 1. The van der Waals surface area contributed by atoms with Crippen LogP contribution in [0.4, 0.5) is 13.2 Å². The third kappa shape index (κ3) is 5.09. The molecule has 0 saturated heterocycles. The summed E-state index contributed by atoms with van der Waals surface area (Å²) < 4.78 is 44.9. The molecule has 3 aromatic carbocycles. The Morgan fingerprint density at radius 2 is 1.79 bits per heavy atom. The maximum absolute atomic E-state index is 13.1. The first-order valence-electron chi connectivity index (χ1n) is 9.81. The van der Waals surface area contributed by atoms with Gasteiger partial charge in [-0.2, -0.15) is 13.2 Å². The van der Waals surface area contributed by atoms with E-state index in [0.29, 0.717) is 22.4 Å². The Bertz CT molecular complexity index is 1280. The van der Waals surface area contributed by atoms with E-state index in [1.165, 1.54) is 24.3 Å². The first kappa shape index (κ1) is 22.6. The normalized spacial score (nSPS) is 14.4. The lowest BCUT2D eigenvalue weighted by molar-refractivity contribution is -0.137. The molecule has 0 amide bonds. The molecule has 0 unspecified atom stereocenters. The van der Waals surface area contributed by atoms with E-state index in [0.717, 1.165) is 17.7 Å². The smallest absolute Gasteiger partial charge is 0.416 e. The standard InChI is InChI=1S/C25H16ClF3O4/c26-20-9-15(8-19(12-20)25(27,28)29)7-18-10-17-11-21(5-6-22(17)23(18)30)33-13-14-1-3-16(4-2-14)24(31)32/h1-9,11-12H,10,13H2,(H,31,32)/b18-7+. The summed E-state index contributed by atoms with van der Waals surface area (Å²) in [4.78, 5) is 23.7. The van der Waals surface area contributed by atoms with Gasteiger partial charge in [0.2, 0.25) is 0 Å². The molecule has 0 heterocycles. The molecule has 0 spiro atoms. The molecule has 0 aliphatic heterocycles. The van der Waals surface area contributed by atoms with E-state index >= 15 is 0 Å². The fourth-order valence-electron chi connectivity index (χ4n) is 3.57. The average Bonchev–Trinajstić information content (AvgIpc) is 3.06. The lowest BCUT2D eigenvalue weighted by Crippen LogP contribution is -2.05. The van der Waals surface area contributed by atoms with Crippen LogP contribution in [0.25, 0.3) is 6.08 Å². The predicted octanol–water partition coefficient (Wildman–Crippen LogP) is 6.46. The van der Waals surface area contributed by atoms with Crippen molar-refractivity contribution < 1.29 is 32.6 Å². The van der Waals surface area contributed by atoms with Gasteiger partial charge < -0.3 is 9.84 Å². The summed E-state index contributed by atoms with van der Waals surface area (Å²) in [6.07, 6.45) is -2.86. The summed E-state index contributed by atoms with van der Waals surface area (Å²) in [5.74, 6) is -0.747. The Morgan fingerprint density at radius 3 is 2.45 bits per heavy atom. The van der Waals surface area contributed by atoms with Crippen molar-refractivity contribution in [3.8, 4) is 5.75 Å². The Labute approximate surface area is 191 Å². The molecule has 1 aliphatic rings. The van der Waals surface area contributed by atoms with Crippen molar-refractivity contribution in [3.63, 3.8) is 0 Å². The lowest BCUT2D eigenvalue weighted by Gasteiger charge is -2.08. The highest BCUT2D eigenvalue weighted by Crippen LogP contribution is 2.34. The van der Waals surface area contributed by atoms with Gasteiger partial charge in [-0.05, 0) is 71.3 Å². The highest BCUT2D eigenvalue weighted by Gasteiger charge is 2.31. The molecule has 1 aliphatic carbocycles. The van der Waals surface area contributed by atoms with E-state index in [4.69, 9.17) is 21.4 Å². The van der Waals surface area contributed by atoms with E-state index in [9.17, 15) is 22.8 Å². The summed E-state index contributed by atoms with van der Waals surface area (Å²) >= 11 is 5.84. The Kier molecular flexibility index (Phi) is 5.99. The molecule has 33 heavy (non-hydrogen) atoms. The number of alkyl halides is 3. The Balaban J connectivity index is 1.51. The number of hydrogen-bond acceptors (Lipinski definition) is 3. The third-order valence-electron chi connectivity index (χ3n) is 5.19. The number of allylic oxidation sites excluding steroid dienone is 1.